The number of carbonyl (C=O) groups is 3. The number of phenols is 3. The van der Waals surface area contributed by atoms with Crippen LogP contribution < -0.4 is 10.1 Å². The number of nitrogens with one attached hydrogen (secondary N) is 1. The number of anilines is 1. The minimum absolute atomic E-state index is 0.0295. The third kappa shape index (κ3) is 9.21. The number of allylic oxidation sites excluding steroid dienone is 2. The van der Waals surface area contributed by atoms with Crippen molar-refractivity contribution in [1.82, 2.24) is 0 Å². The molecule has 344 valence electrons. The molecule has 16 heteroatoms. The van der Waals surface area contributed by atoms with Crippen LogP contribution in [-0.4, -0.2) is 109 Å². The summed E-state index contributed by atoms with van der Waals surface area (Å²) in [6.07, 6.45) is 5.39. The number of ether oxygens (including phenoxy) is 4. The molecule has 0 spiro atoms. The largest absolute Gasteiger partial charge is 0.507 e. The molecule has 6 N–H and O–H groups in total. The Bertz CT molecular complexity index is 2270. The van der Waals surface area contributed by atoms with Crippen molar-refractivity contribution in [3.63, 3.8) is 0 Å². The number of benzene rings is 2. The number of hydrogen-bond acceptors (Lipinski definition) is 14. The molecule has 4 aliphatic rings. The van der Waals surface area contributed by atoms with E-state index in [4.69, 9.17) is 23.9 Å². The molecule has 1 amide bonds. The number of aliphatic imine (C=N–C) groups is 1. The summed E-state index contributed by atoms with van der Waals surface area (Å²) < 4.78 is 24.7. The van der Waals surface area contributed by atoms with E-state index in [0.29, 0.717) is 12.8 Å². The Hall–Kier alpha value is -5.32. The van der Waals surface area contributed by atoms with E-state index in [1.54, 1.807) is 39.8 Å². The second-order valence-electron chi connectivity index (χ2n) is 18.9. The number of Topliss-reactive ketones (excluding diaryl/α,β-unsaturated/α-hetero) is 1. The van der Waals surface area contributed by atoms with E-state index in [-0.39, 0.29) is 44.5 Å². The number of rotatable bonds is 4. The number of nitroso groups, excluding NO2 is 1. The zero-order chi connectivity index (χ0) is 47.3. The highest BCUT2D eigenvalue weighted by Crippen LogP contribution is 2.55. The molecule has 1 saturated heterocycles. The molecule has 5 bridgehead atoms. The van der Waals surface area contributed by atoms with Gasteiger partial charge in [-0.3, -0.25) is 19.4 Å². The molecule has 1 fully saturated rings. The third-order valence-corrected chi connectivity index (χ3v) is 13.0. The Kier molecular flexibility index (Phi) is 14.0. The van der Waals surface area contributed by atoms with Crippen LogP contribution in [0.15, 0.2) is 41.1 Å². The summed E-state index contributed by atoms with van der Waals surface area (Å²) in [5, 5.41) is 60.9. The van der Waals surface area contributed by atoms with Gasteiger partial charge in [0.05, 0.1) is 52.8 Å². The minimum Gasteiger partial charge on any atom is -0.507 e. The summed E-state index contributed by atoms with van der Waals surface area (Å²) in [6, 6.07) is -0.439. The van der Waals surface area contributed by atoms with Gasteiger partial charge in [-0.1, -0.05) is 45.9 Å². The lowest BCUT2D eigenvalue weighted by Gasteiger charge is -2.38. The number of aliphatic hydroxyl groups excluding tert-OH is 2. The maximum Gasteiger partial charge on any atom is 0.312 e. The minimum atomic E-state index is -2.08. The Morgan fingerprint density at radius 2 is 1.52 bits per heavy atom. The number of aromatic hydroxyl groups is 3. The summed E-state index contributed by atoms with van der Waals surface area (Å²) >= 11 is 0. The highest BCUT2D eigenvalue weighted by molar-refractivity contribution is 6.23. The number of amides is 1. The van der Waals surface area contributed by atoms with Crippen molar-refractivity contribution in [3.8, 4) is 23.0 Å². The molecule has 0 radical (unpaired) electrons. The van der Waals surface area contributed by atoms with E-state index >= 15 is 0 Å². The highest BCUT2D eigenvalue weighted by atomic mass is 16.7. The molecule has 4 aliphatic heterocycles. The molecule has 63 heavy (non-hydrogen) atoms. The van der Waals surface area contributed by atoms with E-state index in [0.717, 1.165) is 4.76 Å². The molecule has 0 unspecified atom stereocenters. The lowest BCUT2D eigenvalue weighted by molar-refractivity contribution is -0.692. The van der Waals surface area contributed by atoms with E-state index in [9.17, 15) is 44.8 Å². The molecule has 2 aromatic carbocycles. The maximum absolute atomic E-state index is 14.5. The number of nitrogens with zero attached hydrogens (tertiary/aromatic N) is 2. The second-order valence-corrected chi connectivity index (χ2v) is 18.9. The summed E-state index contributed by atoms with van der Waals surface area (Å²) in [6.45, 7) is 19.7. The molecule has 6 rings (SSSR count). The average Bonchev–Trinajstić information content (AvgIpc) is 3.47. The van der Waals surface area contributed by atoms with Gasteiger partial charge < -0.3 is 49.8 Å². The second kappa shape index (κ2) is 18.0. The number of fused-ring (bicyclic) bond motifs is 14. The normalized spacial score (nSPS) is 32.5. The number of esters is 1. The summed E-state index contributed by atoms with van der Waals surface area (Å²) in [7, 11) is 1.43. The Morgan fingerprint density at radius 1 is 0.905 bits per heavy atom. The number of methoxy groups -OCH3 is 1. The first kappa shape index (κ1) is 48.7. The Morgan fingerprint density at radius 3 is 2.11 bits per heavy atom. The average molecular weight is 879 g/mol. The first-order chi connectivity index (χ1) is 29.2. The van der Waals surface area contributed by atoms with E-state index < -0.39 is 106 Å². The van der Waals surface area contributed by atoms with Gasteiger partial charge in [0.1, 0.15) is 23.4 Å². The first-order valence-corrected chi connectivity index (χ1v) is 21.3. The lowest BCUT2D eigenvalue weighted by atomic mass is 9.78. The van der Waals surface area contributed by atoms with Crippen LogP contribution >= 0.6 is 0 Å². The van der Waals surface area contributed by atoms with E-state index in [2.05, 4.69) is 5.32 Å². The fourth-order valence-corrected chi connectivity index (χ4v) is 9.37. The zero-order valence-corrected chi connectivity index (χ0v) is 38.5. The molecular weight excluding hydrogens is 815 g/mol. The summed E-state index contributed by atoms with van der Waals surface area (Å²) in [5.74, 6) is -8.68. The van der Waals surface area contributed by atoms with Gasteiger partial charge in [0.15, 0.2) is 5.75 Å². The quantitative estimate of drug-likeness (QED) is 0.0620. The summed E-state index contributed by atoms with van der Waals surface area (Å²) in [4.78, 5) is 58.7. The van der Waals surface area contributed by atoms with Crippen LogP contribution in [0.4, 0.5) is 5.69 Å². The third-order valence-electron chi connectivity index (χ3n) is 13.0. The van der Waals surface area contributed by atoms with E-state index in [1.165, 1.54) is 59.4 Å². The fourth-order valence-electron chi connectivity index (χ4n) is 9.37. The maximum atomic E-state index is 14.5. The van der Waals surface area contributed by atoms with Crippen molar-refractivity contribution in [1.29, 1.82) is 0 Å². The predicted molar refractivity (Wildman–Crippen MR) is 236 cm³/mol. The molecule has 4 heterocycles. The molecule has 9 atom stereocenters. The van der Waals surface area contributed by atoms with Crippen LogP contribution in [0, 0.1) is 35.5 Å². The molecule has 0 aliphatic carbocycles. The molecule has 16 nitrogen and oxygen atoms in total. The van der Waals surface area contributed by atoms with Gasteiger partial charge in [0, 0.05) is 118 Å². The highest BCUT2D eigenvalue weighted by Gasteiger charge is 2.54. The van der Waals surface area contributed by atoms with Gasteiger partial charge >= 0.3 is 11.8 Å². The standard InChI is InChI=1S/C47H63N3O13/c1-22-15-14-16-23(2)44(58)49-35-30(21-48-29-19-45(8,9)50(59)46(10,11)20-29)39(55)32-33(40(35)56)38(54)27(6)42-34(32)43(57)47(12,63-42)61-18-17-31(60-13)24(3)41(62-28(7)51)26(5)37(53)25(4)36(22)52/h14-18,21-22,24-26,29,31,36-37,41,52-53H,19-20H2,1-13H3,(H3-,48,49,54,55,56,57,58)/p+1/b15-14+,18-17+,23-16-/t22-,24+,25+,26+,31-,36-,37+,41+,47-/m0/s1. The first-order valence-electron chi connectivity index (χ1n) is 21.3. The van der Waals surface area contributed by atoms with Crippen molar-refractivity contribution in [2.45, 2.75) is 143 Å². The van der Waals surface area contributed by atoms with Crippen molar-refractivity contribution >= 4 is 40.3 Å². The number of phenolic OH excluding ortho intramolecular Hbond substituents is 3. The molecule has 2 aromatic rings. The van der Waals surface area contributed by atoms with Gasteiger partial charge in [-0.15, -0.1) is 0 Å². The van der Waals surface area contributed by atoms with Crippen LogP contribution in [0.25, 0.3) is 10.8 Å². The lowest BCUT2D eigenvalue weighted by Crippen LogP contribution is -2.54. The van der Waals surface area contributed by atoms with Gasteiger partial charge in [-0.05, 0) is 19.9 Å². The van der Waals surface area contributed by atoms with Gasteiger partial charge in [0.2, 0.25) is 11.1 Å². The van der Waals surface area contributed by atoms with Gasteiger partial charge in [-0.2, -0.15) is 0 Å². The zero-order valence-electron chi connectivity index (χ0n) is 38.5. The SMILES string of the molecule is CO[C@H]1/C=C/O[C@@]2(C)Oc3c(C)c(O)c4c(O)c(c(C=NC5CC(C)(C)[N+](=O)C(C)(C)C5)c(O)c4c3C2=O)NC(=O)/C(C)=C\C=C\[C@H](C)[C@H](O)[C@@H](C)[C@@H](O)[C@@H](C)[C@H](OC(C)=O)[C@@H]1C. The topological polar surface area (TPSA) is 234 Å². The Balaban J connectivity index is 1.73. The van der Waals surface area contributed by atoms with Crippen LogP contribution in [-0.2, 0) is 23.8 Å². The molecule has 0 saturated carbocycles. The number of ketones is 1. The predicted octanol–water partition coefficient (Wildman–Crippen LogP) is 6.67. The van der Waals surface area contributed by atoms with Crippen LogP contribution in [0.3, 0.4) is 0 Å². The summed E-state index contributed by atoms with van der Waals surface area (Å²) in [5.41, 5.74) is -2.14. The van der Waals surface area contributed by atoms with Crippen molar-refractivity contribution in [3.05, 3.63) is 57.7 Å². The van der Waals surface area contributed by atoms with Crippen molar-refractivity contribution in [2.75, 3.05) is 12.4 Å². The van der Waals surface area contributed by atoms with Gasteiger partial charge in [0.25, 0.3) is 11.7 Å². The van der Waals surface area contributed by atoms with Crippen molar-refractivity contribution in [2.24, 2.45) is 28.7 Å². The Labute approximate surface area is 368 Å². The van der Waals surface area contributed by atoms with Crippen LogP contribution in [0.2, 0.25) is 0 Å². The number of aliphatic hydroxyl groups is 2. The monoisotopic (exact) mass is 878 g/mol. The molecular formula is C47H64N3O13+. The number of hydrogen-bond donors (Lipinski definition) is 6. The fraction of sp³-hybridized carbons (Fsp3) is 0.574. The number of carbonyl (C=O) groups excluding carboxylic acids is 3. The molecule has 0 aromatic heterocycles. The van der Waals surface area contributed by atoms with Gasteiger partial charge in [-0.25, -0.2) is 0 Å². The number of piperidine rings is 1. The van der Waals surface area contributed by atoms with Crippen molar-refractivity contribution < 1.29 is 63.6 Å². The van der Waals surface area contributed by atoms with Crippen LogP contribution in [0.1, 0.15) is 110 Å². The van der Waals surface area contributed by atoms with E-state index in [1.807, 2.05) is 27.7 Å². The van der Waals surface area contributed by atoms with Crippen LogP contribution in [0.5, 0.6) is 23.0 Å². The smallest absolute Gasteiger partial charge is 0.312 e.